The van der Waals surface area contributed by atoms with Crippen molar-refractivity contribution in [1.29, 1.82) is 0 Å². The molecular formula is C9H15NO6. The van der Waals surface area contributed by atoms with Crippen LogP contribution in [0.2, 0.25) is 0 Å². The van der Waals surface area contributed by atoms with Crippen molar-refractivity contribution in [3.05, 3.63) is 0 Å². The molecule has 0 aliphatic carbocycles. The minimum atomic E-state index is -1.23. The Hall–Kier alpha value is -1.34. The standard InChI is InChI=1S/C9H15NO6/c1-15-2-3-16-6-4-7(8(11)12)10(5-6)9(13)14/h6-7H,2-5H2,1H3,(H,11,12)(H,13,14)/t6-,7-/m1/s1. The van der Waals surface area contributed by atoms with E-state index < -0.39 is 18.1 Å². The second-order valence-electron chi connectivity index (χ2n) is 3.51. The van der Waals surface area contributed by atoms with Gasteiger partial charge >= 0.3 is 12.1 Å². The van der Waals surface area contributed by atoms with Gasteiger partial charge in [-0.05, 0) is 0 Å². The van der Waals surface area contributed by atoms with Crippen LogP contribution in [0, 0.1) is 0 Å². The van der Waals surface area contributed by atoms with Crippen LogP contribution in [0.15, 0.2) is 0 Å². The lowest BCUT2D eigenvalue weighted by atomic mass is 10.2. The quantitative estimate of drug-likeness (QED) is 0.641. The Morgan fingerprint density at radius 2 is 2.06 bits per heavy atom. The Morgan fingerprint density at radius 1 is 1.38 bits per heavy atom. The molecule has 0 aromatic rings. The SMILES string of the molecule is COCCO[C@@H]1C[C@H](C(=O)O)N(C(=O)O)C1. The summed E-state index contributed by atoms with van der Waals surface area (Å²) >= 11 is 0. The average molecular weight is 233 g/mol. The molecule has 0 radical (unpaired) electrons. The van der Waals surface area contributed by atoms with E-state index in [2.05, 4.69) is 0 Å². The van der Waals surface area contributed by atoms with Crippen LogP contribution in [0.5, 0.6) is 0 Å². The highest BCUT2D eigenvalue weighted by Gasteiger charge is 2.40. The first-order chi connectivity index (χ1) is 7.56. The molecule has 1 aliphatic heterocycles. The molecule has 0 unspecified atom stereocenters. The van der Waals surface area contributed by atoms with Gasteiger partial charge in [-0.15, -0.1) is 0 Å². The Bertz CT molecular complexity index is 247. The highest BCUT2D eigenvalue weighted by Crippen LogP contribution is 2.20. The number of amides is 1. The van der Waals surface area contributed by atoms with Crippen LogP contribution in [-0.2, 0) is 14.3 Å². The lowest BCUT2D eigenvalue weighted by Gasteiger charge is -2.16. The normalized spacial score (nSPS) is 24.7. The molecule has 2 atom stereocenters. The minimum absolute atomic E-state index is 0.0933. The molecule has 0 aromatic carbocycles. The predicted molar refractivity (Wildman–Crippen MR) is 52.4 cm³/mol. The second-order valence-corrected chi connectivity index (χ2v) is 3.51. The highest BCUT2D eigenvalue weighted by molar-refractivity contribution is 5.80. The summed E-state index contributed by atoms with van der Waals surface area (Å²) in [6.45, 7) is 0.832. The minimum Gasteiger partial charge on any atom is -0.480 e. The molecule has 1 amide bonds. The first-order valence-corrected chi connectivity index (χ1v) is 4.89. The lowest BCUT2D eigenvalue weighted by Crippen LogP contribution is -2.39. The number of likely N-dealkylation sites (tertiary alicyclic amines) is 1. The number of hydrogen-bond acceptors (Lipinski definition) is 4. The van der Waals surface area contributed by atoms with Crippen molar-refractivity contribution in [2.24, 2.45) is 0 Å². The zero-order valence-electron chi connectivity index (χ0n) is 8.96. The third kappa shape index (κ3) is 3.07. The largest absolute Gasteiger partial charge is 0.480 e. The van der Waals surface area contributed by atoms with Gasteiger partial charge in [-0.25, -0.2) is 9.59 Å². The molecule has 1 fully saturated rings. The van der Waals surface area contributed by atoms with E-state index in [1.807, 2.05) is 0 Å². The number of nitrogens with zero attached hydrogens (tertiary/aromatic N) is 1. The van der Waals surface area contributed by atoms with Crippen LogP contribution < -0.4 is 0 Å². The summed E-state index contributed by atoms with van der Waals surface area (Å²) in [4.78, 5) is 22.5. The van der Waals surface area contributed by atoms with Crippen LogP contribution in [0.3, 0.4) is 0 Å². The molecular weight excluding hydrogens is 218 g/mol. The second kappa shape index (κ2) is 5.66. The number of rotatable bonds is 5. The Kier molecular flexibility index (Phi) is 4.51. The van der Waals surface area contributed by atoms with Crippen molar-refractivity contribution in [2.75, 3.05) is 26.9 Å². The molecule has 0 spiro atoms. The van der Waals surface area contributed by atoms with Gasteiger partial charge in [-0.2, -0.15) is 0 Å². The molecule has 16 heavy (non-hydrogen) atoms. The number of hydrogen-bond donors (Lipinski definition) is 2. The number of methoxy groups -OCH3 is 1. The van der Waals surface area contributed by atoms with E-state index in [1.54, 1.807) is 0 Å². The van der Waals surface area contributed by atoms with Crippen molar-refractivity contribution in [3.8, 4) is 0 Å². The monoisotopic (exact) mass is 233 g/mol. The van der Waals surface area contributed by atoms with Gasteiger partial charge in [0.2, 0.25) is 0 Å². The maximum Gasteiger partial charge on any atom is 0.408 e. The molecule has 2 N–H and O–H groups in total. The fourth-order valence-corrected chi connectivity index (χ4v) is 1.66. The van der Waals surface area contributed by atoms with Crippen LogP contribution in [0.4, 0.5) is 4.79 Å². The average Bonchev–Trinajstić information content (AvgIpc) is 2.62. The van der Waals surface area contributed by atoms with E-state index >= 15 is 0 Å². The van der Waals surface area contributed by atoms with Crippen LogP contribution in [-0.4, -0.2) is 66.2 Å². The van der Waals surface area contributed by atoms with Crippen molar-refractivity contribution in [3.63, 3.8) is 0 Å². The summed E-state index contributed by atoms with van der Waals surface area (Å²) in [5, 5.41) is 17.6. The molecule has 0 saturated carbocycles. The topological polar surface area (TPSA) is 96.3 Å². The number of ether oxygens (including phenoxy) is 2. The number of carboxylic acids is 1. The van der Waals surface area contributed by atoms with Gasteiger partial charge < -0.3 is 19.7 Å². The Balaban J connectivity index is 2.48. The first-order valence-electron chi connectivity index (χ1n) is 4.89. The van der Waals surface area contributed by atoms with E-state index in [-0.39, 0.29) is 19.1 Å². The van der Waals surface area contributed by atoms with Gasteiger partial charge in [0.1, 0.15) is 6.04 Å². The summed E-state index contributed by atoms with van der Waals surface area (Å²) < 4.78 is 10.1. The summed E-state index contributed by atoms with van der Waals surface area (Å²) in [6, 6.07) is -1.01. The third-order valence-electron chi connectivity index (χ3n) is 2.43. The van der Waals surface area contributed by atoms with Gasteiger partial charge in [-0.3, -0.25) is 4.90 Å². The Labute approximate surface area is 92.6 Å². The van der Waals surface area contributed by atoms with Gasteiger partial charge in [0, 0.05) is 13.5 Å². The summed E-state index contributed by atoms with van der Waals surface area (Å²) in [6.07, 6.45) is -1.41. The molecule has 1 aliphatic rings. The van der Waals surface area contributed by atoms with E-state index in [0.717, 1.165) is 4.90 Å². The maximum atomic E-state index is 10.8. The van der Waals surface area contributed by atoms with Gasteiger partial charge in [-0.1, -0.05) is 0 Å². The fraction of sp³-hybridized carbons (Fsp3) is 0.778. The van der Waals surface area contributed by atoms with Crippen molar-refractivity contribution in [2.45, 2.75) is 18.6 Å². The van der Waals surface area contributed by atoms with Gasteiger partial charge in [0.25, 0.3) is 0 Å². The summed E-state index contributed by atoms with van der Waals surface area (Å²) in [5.41, 5.74) is 0. The van der Waals surface area contributed by atoms with Crippen LogP contribution in [0.25, 0.3) is 0 Å². The van der Waals surface area contributed by atoms with E-state index in [9.17, 15) is 9.59 Å². The van der Waals surface area contributed by atoms with Gasteiger partial charge in [0.15, 0.2) is 0 Å². The first kappa shape index (κ1) is 12.7. The predicted octanol–water partition coefficient (Wildman–Crippen LogP) is -0.145. The molecule has 7 nitrogen and oxygen atoms in total. The molecule has 0 aromatic heterocycles. The zero-order valence-corrected chi connectivity index (χ0v) is 8.96. The summed E-state index contributed by atoms with van der Waals surface area (Å²) in [7, 11) is 1.53. The van der Waals surface area contributed by atoms with Crippen LogP contribution in [0.1, 0.15) is 6.42 Å². The molecule has 1 saturated heterocycles. The zero-order chi connectivity index (χ0) is 12.1. The Morgan fingerprint density at radius 3 is 2.50 bits per heavy atom. The van der Waals surface area contributed by atoms with E-state index in [0.29, 0.717) is 13.2 Å². The van der Waals surface area contributed by atoms with Crippen molar-refractivity contribution in [1.82, 2.24) is 4.90 Å². The molecule has 1 rings (SSSR count). The number of aliphatic carboxylic acids is 1. The molecule has 0 bridgehead atoms. The van der Waals surface area contributed by atoms with E-state index in [1.165, 1.54) is 7.11 Å². The molecule has 7 heteroatoms. The maximum absolute atomic E-state index is 10.8. The smallest absolute Gasteiger partial charge is 0.408 e. The third-order valence-corrected chi connectivity index (χ3v) is 2.43. The number of carboxylic acid groups (broad SMARTS) is 2. The number of carbonyl (C=O) groups is 2. The van der Waals surface area contributed by atoms with E-state index in [4.69, 9.17) is 19.7 Å². The fourth-order valence-electron chi connectivity index (χ4n) is 1.66. The van der Waals surface area contributed by atoms with Gasteiger partial charge in [0.05, 0.1) is 25.9 Å². The van der Waals surface area contributed by atoms with Crippen LogP contribution >= 0.6 is 0 Å². The highest BCUT2D eigenvalue weighted by atomic mass is 16.5. The lowest BCUT2D eigenvalue weighted by molar-refractivity contribution is -0.141. The van der Waals surface area contributed by atoms with Crippen molar-refractivity contribution >= 4 is 12.1 Å². The molecule has 92 valence electrons. The molecule has 1 heterocycles. The van der Waals surface area contributed by atoms with Crippen molar-refractivity contribution < 1.29 is 29.3 Å². The summed E-state index contributed by atoms with van der Waals surface area (Å²) in [5.74, 6) is -1.14.